The van der Waals surface area contributed by atoms with Crippen LogP contribution in [0.1, 0.15) is 41.3 Å². The van der Waals surface area contributed by atoms with Gasteiger partial charge in [-0.05, 0) is 35.2 Å². The number of amides is 1. The van der Waals surface area contributed by atoms with Crippen molar-refractivity contribution in [3.8, 4) is 11.5 Å². The average Bonchev–Trinajstić information content (AvgIpc) is 2.70. The summed E-state index contributed by atoms with van der Waals surface area (Å²) in [6, 6.07) is 12.4. The lowest BCUT2D eigenvalue weighted by Crippen LogP contribution is -2.40. The molecule has 3 rings (SSSR count). The summed E-state index contributed by atoms with van der Waals surface area (Å²) in [7, 11) is 1.53. The molecule has 0 saturated heterocycles. The fourth-order valence-electron chi connectivity index (χ4n) is 3.33. The van der Waals surface area contributed by atoms with Gasteiger partial charge in [-0.25, -0.2) is 0 Å². The molecule has 2 aromatic rings. The lowest BCUT2D eigenvalue weighted by molar-refractivity contribution is -0.139. The maximum absolute atomic E-state index is 13.1. The van der Waals surface area contributed by atoms with Crippen molar-refractivity contribution >= 4 is 11.9 Å². The van der Waals surface area contributed by atoms with Gasteiger partial charge in [0.15, 0.2) is 11.5 Å². The first-order valence-electron chi connectivity index (χ1n) is 9.31. The van der Waals surface area contributed by atoms with Crippen LogP contribution in [0.3, 0.4) is 0 Å². The number of carbonyl (C=O) groups is 2. The highest BCUT2D eigenvalue weighted by Crippen LogP contribution is 2.32. The Morgan fingerprint density at radius 3 is 2.61 bits per heavy atom. The van der Waals surface area contributed by atoms with Crippen LogP contribution in [0.4, 0.5) is 0 Å². The molecule has 148 valence electrons. The minimum atomic E-state index is -0.931. The Bertz CT molecular complexity index is 877. The first kappa shape index (κ1) is 19.7. The Hall–Kier alpha value is -3.02. The third kappa shape index (κ3) is 4.11. The van der Waals surface area contributed by atoms with Crippen LogP contribution in [0, 0.1) is 5.92 Å². The summed E-state index contributed by atoms with van der Waals surface area (Å²) in [6.45, 7) is 5.17. The molecule has 0 aromatic heterocycles. The number of hydrogen-bond donors (Lipinski definition) is 1. The summed E-state index contributed by atoms with van der Waals surface area (Å²) >= 11 is 0. The number of nitrogens with zero attached hydrogens (tertiary/aromatic N) is 1. The van der Waals surface area contributed by atoms with E-state index in [4.69, 9.17) is 9.47 Å². The van der Waals surface area contributed by atoms with Crippen LogP contribution in [-0.4, -0.2) is 42.1 Å². The quantitative estimate of drug-likeness (QED) is 0.825. The van der Waals surface area contributed by atoms with E-state index < -0.39 is 11.9 Å². The zero-order chi connectivity index (χ0) is 20.3. The molecular weight excluding hydrogens is 358 g/mol. The average molecular weight is 383 g/mol. The smallest absolute Gasteiger partial charge is 0.312 e. The van der Waals surface area contributed by atoms with E-state index in [0.29, 0.717) is 36.1 Å². The fraction of sp³-hybridized carbons (Fsp3) is 0.364. The van der Waals surface area contributed by atoms with Crippen molar-refractivity contribution in [1.82, 2.24) is 4.90 Å². The van der Waals surface area contributed by atoms with Crippen LogP contribution in [0.25, 0.3) is 0 Å². The molecule has 0 fully saturated rings. The van der Waals surface area contributed by atoms with Crippen molar-refractivity contribution < 1.29 is 24.2 Å². The number of fused-ring (bicyclic) bond motifs is 1. The van der Waals surface area contributed by atoms with Gasteiger partial charge >= 0.3 is 5.97 Å². The molecule has 1 aliphatic rings. The Labute approximate surface area is 164 Å². The SMILES string of the molecule is COc1cc(C(=O)N2Cc3ccccc3C(C(=O)O)C2)ccc1OCC(C)C. The van der Waals surface area contributed by atoms with Crippen molar-refractivity contribution in [2.24, 2.45) is 5.92 Å². The summed E-state index contributed by atoms with van der Waals surface area (Å²) in [5.41, 5.74) is 2.07. The van der Waals surface area contributed by atoms with E-state index >= 15 is 0 Å². The maximum Gasteiger partial charge on any atom is 0.312 e. The van der Waals surface area contributed by atoms with Gasteiger partial charge in [0.1, 0.15) is 0 Å². The van der Waals surface area contributed by atoms with E-state index in [0.717, 1.165) is 11.1 Å². The molecule has 0 aliphatic carbocycles. The van der Waals surface area contributed by atoms with E-state index in [1.54, 1.807) is 23.1 Å². The number of rotatable bonds is 6. The highest BCUT2D eigenvalue weighted by atomic mass is 16.5. The molecule has 6 nitrogen and oxygen atoms in total. The van der Waals surface area contributed by atoms with Gasteiger partial charge in [0, 0.05) is 18.7 Å². The van der Waals surface area contributed by atoms with Crippen molar-refractivity contribution in [2.45, 2.75) is 26.3 Å². The van der Waals surface area contributed by atoms with E-state index in [1.165, 1.54) is 7.11 Å². The van der Waals surface area contributed by atoms with Crippen LogP contribution in [0.2, 0.25) is 0 Å². The number of benzene rings is 2. The minimum absolute atomic E-state index is 0.138. The Morgan fingerprint density at radius 1 is 1.18 bits per heavy atom. The minimum Gasteiger partial charge on any atom is -0.493 e. The normalized spacial score (nSPS) is 15.9. The van der Waals surface area contributed by atoms with E-state index in [1.807, 2.05) is 24.3 Å². The first-order valence-corrected chi connectivity index (χ1v) is 9.31. The molecule has 1 unspecified atom stereocenters. The fourth-order valence-corrected chi connectivity index (χ4v) is 3.33. The molecular formula is C22H25NO5. The molecule has 0 bridgehead atoms. The van der Waals surface area contributed by atoms with Gasteiger partial charge in [-0.3, -0.25) is 9.59 Å². The second-order valence-corrected chi connectivity index (χ2v) is 7.35. The van der Waals surface area contributed by atoms with Crippen LogP contribution >= 0.6 is 0 Å². The summed E-state index contributed by atoms with van der Waals surface area (Å²) in [4.78, 5) is 26.4. The Balaban J connectivity index is 1.85. The molecule has 1 amide bonds. The molecule has 0 saturated carbocycles. The Morgan fingerprint density at radius 2 is 1.93 bits per heavy atom. The number of carbonyl (C=O) groups excluding carboxylic acids is 1. The van der Waals surface area contributed by atoms with Crippen molar-refractivity contribution in [1.29, 1.82) is 0 Å². The zero-order valence-corrected chi connectivity index (χ0v) is 16.3. The van der Waals surface area contributed by atoms with Gasteiger partial charge in [0.2, 0.25) is 0 Å². The van der Waals surface area contributed by atoms with Crippen molar-refractivity contribution in [2.75, 3.05) is 20.3 Å². The lowest BCUT2D eigenvalue weighted by atomic mass is 9.89. The molecule has 0 spiro atoms. The van der Waals surface area contributed by atoms with Crippen molar-refractivity contribution in [3.05, 3.63) is 59.2 Å². The van der Waals surface area contributed by atoms with Gasteiger partial charge in [-0.2, -0.15) is 0 Å². The number of hydrogen-bond acceptors (Lipinski definition) is 4. The third-order valence-corrected chi connectivity index (χ3v) is 4.76. The summed E-state index contributed by atoms with van der Waals surface area (Å²) in [5.74, 6) is -0.454. The van der Waals surface area contributed by atoms with Gasteiger partial charge in [-0.15, -0.1) is 0 Å². The predicted molar refractivity (Wildman–Crippen MR) is 105 cm³/mol. The lowest BCUT2D eigenvalue weighted by Gasteiger charge is -2.33. The standard InChI is InChI=1S/C22H25NO5/c1-14(2)13-28-19-9-8-15(10-20(19)27-3)21(24)23-11-16-6-4-5-7-17(16)18(12-23)22(25)26/h4-10,14,18H,11-13H2,1-3H3,(H,25,26). The highest BCUT2D eigenvalue weighted by molar-refractivity contribution is 5.95. The Kier molecular flexibility index (Phi) is 5.87. The molecule has 28 heavy (non-hydrogen) atoms. The first-order chi connectivity index (χ1) is 13.4. The highest BCUT2D eigenvalue weighted by Gasteiger charge is 2.33. The largest absolute Gasteiger partial charge is 0.493 e. The van der Waals surface area contributed by atoms with Gasteiger partial charge < -0.3 is 19.5 Å². The number of carboxylic acids is 1. The summed E-state index contributed by atoms with van der Waals surface area (Å²) in [6.07, 6.45) is 0. The maximum atomic E-state index is 13.1. The number of methoxy groups -OCH3 is 1. The molecule has 6 heteroatoms. The van der Waals surface area contributed by atoms with Gasteiger partial charge in [-0.1, -0.05) is 38.1 Å². The van der Waals surface area contributed by atoms with Crippen LogP contribution in [-0.2, 0) is 11.3 Å². The molecule has 1 aliphatic heterocycles. The van der Waals surface area contributed by atoms with Crippen molar-refractivity contribution in [3.63, 3.8) is 0 Å². The zero-order valence-electron chi connectivity index (χ0n) is 16.3. The van der Waals surface area contributed by atoms with E-state index in [9.17, 15) is 14.7 Å². The van der Waals surface area contributed by atoms with E-state index in [-0.39, 0.29) is 12.5 Å². The summed E-state index contributed by atoms with van der Waals surface area (Å²) < 4.78 is 11.1. The predicted octanol–water partition coefficient (Wildman–Crippen LogP) is 3.55. The number of aliphatic carboxylic acids is 1. The topological polar surface area (TPSA) is 76.1 Å². The van der Waals surface area contributed by atoms with Gasteiger partial charge in [0.05, 0.1) is 19.6 Å². The second-order valence-electron chi connectivity index (χ2n) is 7.35. The molecule has 1 heterocycles. The van der Waals surface area contributed by atoms with Crippen LogP contribution in [0.5, 0.6) is 11.5 Å². The van der Waals surface area contributed by atoms with Gasteiger partial charge in [0.25, 0.3) is 5.91 Å². The molecule has 2 aromatic carbocycles. The molecule has 1 N–H and O–H groups in total. The number of carboxylic acid groups (broad SMARTS) is 1. The molecule has 1 atom stereocenters. The second kappa shape index (κ2) is 8.33. The number of ether oxygens (including phenoxy) is 2. The monoisotopic (exact) mass is 383 g/mol. The third-order valence-electron chi connectivity index (χ3n) is 4.76. The van der Waals surface area contributed by atoms with E-state index in [2.05, 4.69) is 13.8 Å². The van der Waals surface area contributed by atoms with Crippen LogP contribution < -0.4 is 9.47 Å². The molecule has 0 radical (unpaired) electrons. The van der Waals surface area contributed by atoms with Crippen LogP contribution in [0.15, 0.2) is 42.5 Å². The summed E-state index contributed by atoms with van der Waals surface area (Å²) in [5, 5.41) is 9.60.